The van der Waals surface area contributed by atoms with Crippen molar-refractivity contribution in [2.24, 2.45) is 9.98 Å². The molecule has 1 heterocycles. The van der Waals surface area contributed by atoms with Gasteiger partial charge in [0.05, 0.1) is 17.9 Å². The average molecular weight is 189 g/mol. The zero-order valence-corrected chi connectivity index (χ0v) is 8.48. The highest BCUT2D eigenvalue weighted by Crippen LogP contribution is 2.05. The molecule has 0 saturated carbocycles. The van der Waals surface area contributed by atoms with Gasteiger partial charge in [-0.2, -0.15) is 4.99 Å². The first-order chi connectivity index (χ1) is 6.93. The minimum atomic E-state index is 0.798. The van der Waals surface area contributed by atoms with Crippen LogP contribution in [0.4, 0.5) is 5.69 Å². The van der Waals surface area contributed by atoms with E-state index in [1.165, 1.54) is 12.8 Å². The smallest absolute Gasteiger partial charge is 0.0949 e. The minimum absolute atomic E-state index is 0.798. The normalized spacial score (nSPS) is 9.21. The van der Waals surface area contributed by atoms with Crippen LogP contribution in [-0.2, 0) is 0 Å². The van der Waals surface area contributed by atoms with E-state index >= 15 is 0 Å². The van der Waals surface area contributed by atoms with Crippen LogP contribution < -0.4 is 0 Å². The van der Waals surface area contributed by atoms with Crippen LogP contribution in [0.25, 0.3) is 0 Å². The van der Waals surface area contributed by atoms with Crippen LogP contribution in [0.3, 0.4) is 0 Å². The summed E-state index contributed by atoms with van der Waals surface area (Å²) in [4.78, 5) is 12.0. The zero-order chi connectivity index (χ0) is 10.1. The highest BCUT2D eigenvalue weighted by Gasteiger charge is 1.83. The van der Waals surface area contributed by atoms with Crippen molar-refractivity contribution in [1.29, 1.82) is 0 Å². The van der Waals surface area contributed by atoms with Crippen LogP contribution in [0.5, 0.6) is 0 Å². The maximum absolute atomic E-state index is 4.06. The van der Waals surface area contributed by atoms with Gasteiger partial charge in [-0.15, -0.1) is 0 Å². The molecule has 0 aromatic carbocycles. The quantitative estimate of drug-likeness (QED) is 0.518. The SMILES string of the molecule is CCCCCN=C=Nc1cccnc1. The second kappa shape index (κ2) is 6.98. The first-order valence-electron chi connectivity index (χ1n) is 4.95. The van der Waals surface area contributed by atoms with E-state index in [0.717, 1.165) is 18.7 Å². The van der Waals surface area contributed by atoms with Crippen molar-refractivity contribution in [2.75, 3.05) is 6.54 Å². The summed E-state index contributed by atoms with van der Waals surface area (Å²) in [6.07, 6.45) is 6.96. The van der Waals surface area contributed by atoms with Crippen LogP contribution >= 0.6 is 0 Å². The molecule has 0 bridgehead atoms. The number of aromatic nitrogens is 1. The van der Waals surface area contributed by atoms with Gasteiger partial charge in [-0.05, 0) is 18.6 Å². The van der Waals surface area contributed by atoms with E-state index in [4.69, 9.17) is 0 Å². The summed E-state index contributed by atoms with van der Waals surface area (Å²) >= 11 is 0. The third kappa shape index (κ3) is 4.53. The fraction of sp³-hybridized carbons (Fsp3) is 0.455. The lowest BCUT2D eigenvalue weighted by Crippen LogP contribution is -1.78. The summed E-state index contributed by atoms with van der Waals surface area (Å²) in [5, 5.41) is 0. The Hall–Kier alpha value is -1.47. The number of pyridine rings is 1. The van der Waals surface area contributed by atoms with E-state index in [9.17, 15) is 0 Å². The van der Waals surface area contributed by atoms with Crippen LogP contribution in [0.1, 0.15) is 26.2 Å². The van der Waals surface area contributed by atoms with Crippen molar-refractivity contribution in [2.45, 2.75) is 26.2 Å². The Labute approximate surface area is 84.6 Å². The Kier molecular flexibility index (Phi) is 5.29. The van der Waals surface area contributed by atoms with E-state index in [-0.39, 0.29) is 0 Å². The van der Waals surface area contributed by atoms with Crippen LogP contribution in [-0.4, -0.2) is 17.5 Å². The molecule has 0 aliphatic carbocycles. The summed E-state index contributed by atoms with van der Waals surface area (Å²) in [6.45, 7) is 2.99. The fourth-order valence-corrected chi connectivity index (χ4v) is 1.00. The lowest BCUT2D eigenvalue weighted by Gasteiger charge is -1.88. The van der Waals surface area contributed by atoms with E-state index in [0.29, 0.717) is 0 Å². The highest BCUT2D eigenvalue weighted by atomic mass is 14.8. The first-order valence-corrected chi connectivity index (χ1v) is 4.95. The molecular weight excluding hydrogens is 174 g/mol. The Morgan fingerprint density at radius 2 is 2.36 bits per heavy atom. The molecule has 0 N–H and O–H groups in total. The molecular formula is C11H15N3. The van der Waals surface area contributed by atoms with Gasteiger partial charge in [-0.1, -0.05) is 19.8 Å². The molecule has 1 aromatic rings. The highest BCUT2D eigenvalue weighted by molar-refractivity contribution is 5.50. The van der Waals surface area contributed by atoms with Gasteiger partial charge < -0.3 is 0 Å². The molecule has 1 rings (SSSR count). The van der Waals surface area contributed by atoms with E-state index < -0.39 is 0 Å². The van der Waals surface area contributed by atoms with Crippen molar-refractivity contribution < 1.29 is 0 Å². The van der Waals surface area contributed by atoms with Crippen molar-refractivity contribution in [3.05, 3.63) is 24.5 Å². The topological polar surface area (TPSA) is 37.6 Å². The molecule has 0 saturated heterocycles. The molecule has 74 valence electrons. The average Bonchev–Trinajstić information content (AvgIpc) is 2.25. The third-order valence-electron chi connectivity index (χ3n) is 1.77. The van der Waals surface area contributed by atoms with Gasteiger partial charge >= 0.3 is 0 Å². The van der Waals surface area contributed by atoms with Gasteiger partial charge in [0.2, 0.25) is 0 Å². The molecule has 0 unspecified atom stereocenters. The van der Waals surface area contributed by atoms with Crippen LogP contribution in [0, 0.1) is 0 Å². The summed E-state index contributed by atoms with van der Waals surface area (Å²) in [5.74, 6) is 0. The number of hydrogen-bond donors (Lipinski definition) is 0. The van der Waals surface area contributed by atoms with Crippen LogP contribution in [0.2, 0.25) is 0 Å². The molecule has 0 spiro atoms. The second-order valence-electron chi connectivity index (χ2n) is 3.01. The van der Waals surface area contributed by atoms with Gasteiger partial charge in [-0.25, -0.2) is 4.99 Å². The molecule has 1 aromatic heterocycles. The number of hydrogen-bond acceptors (Lipinski definition) is 3. The van der Waals surface area contributed by atoms with E-state index in [1.807, 2.05) is 12.1 Å². The monoisotopic (exact) mass is 189 g/mol. The minimum Gasteiger partial charge on any atom is -0.262 e. The molecule has 0 aliphatic heterocycles. The lowest BCUT2D eigenvalue weighted by atomic mass is 10.3. The largest absolute Gasteiger partial charge is 0.262 e. The predicted molar refractivity (Wildman–Crippen MR) is 58.2 cm³/mol. The maximum Gasteiger partial charge on any atom is 0.0949 e. The second-order valence-corrected chi connectivity index (χ2v) is 3.01. The van der Waals surface area contributed by atoms with Gasteiger partial charge in [0.1, 0.15) is 0 Å². The molecule has 0 radical (unpaired) electrons. The lowest BCUT2D eigenvalue weighted by molar-refractivity contribution is 0.729. The fourth-order valence-electron chi connectivity index (χ4n) is 1.00. The molecule has 0 atom stereocenters. The van der Waals surface area contributed by atoms with Crippen molar-refractivity contribution in [1.82, 2.24) is 4.98 Å². The van der Waals surface area contributed by atoms with Gasteiger partial charge in [0, 0.05) is 12.7 Å². The number of nitrogens with zero attached hydrogens (tertiary/aromatic N) is 3. The summed E-state index contributed by atoms with van der Waals surface area (Å²) in [5.41, 5.74) is 0.798. The third-order valence-corrected chi connectivity index (χ3v) is 1.77. The first kappa shape index (κ1) is 10.6. The summed E-state index contributed by atoms with van der Waals surface area (Å²) in [7, 11) is 0. The van der Waals surface area contributed by atoms with Crippen LogP contribution in [0.15, 0.2) is 34.5 Å². The predicted octanol–water partition coefficient (Wildman–Crippen LogP) is 3.08. The Balaban J connectivity index is 2.33. The van der Waals surface area contributed by atoms with Gasteiger partial charge in [0.25, 0.3) is 0 Å². The number of unbranched alkanes of at least 4 members (excludes halogenated alkanes) is 2. The Bertz CT molecular complexity index is 300. The Morgan fingerprint density at radius 3 is 3.07 bits per heavy atom. The standard InChI is InChI=1S/C11H15N3/c1-2-3-4-7-13-10-14-11-6-5-8-12-9-11/h5-6,8-9H,2-4,7H2,1H3. The van der Waals surface area contributed by atoms with E-state index in [1.54, 1.807) is 12.4 Å². The molecule has 0 amide bonds. The van der Waals surface area contributed by atoms with E-state index in [2.05, 4.69) is 27.9 Å². The Morgan fingerprint density at radius 1 is 1.43 bits per heavy atom. The maximum atomic E-state index is 4.06. The molecule has 0 aliphatic rings. The van der Waals surface area contributed by atoms with Crippen molar-refractivity contribution >= 4 is 11.7 Å². The molecule has 14 heavy (non-hydrogen) atoms. The van der Waals surface area contributed by atoms with Gasteiger partial charge in [-0.3, -0.25) is 4.98 Å². The zero-order valence-electron chi connectivity index (χ0n) is 8.48. The van der Waals surface area contributed by atoms with Crippen molar-refractivity contribution in [3.63, 3.8) is 0 Å². The molecule has 0 fully saturated rings. The number of rotatable bonds is 5. The molecule has 3 nitrogen and oxygen atoms in total. The van der Waals surface area contributed by atoms with Gasteiger partial charge in [0.15, 0.2) is 0 Å². The van der Waals surface area contributed by atoms with Crippen molar-refractivity contribution in [3.8, 4) is 0 Å². The summed E-state index contributed by atoms with van der Waals surface area (Å²) < 4.78 is 0. The summed E-state index contributed by atoms with van der Waals surface area (Å²) in [6, 6.07) is 6.39. The molecule has 3 heteroatoms. The number of aliphatic imine (C=N–C) groups is 2.